The maximum absolute atomic E-state index is 12.6. The second-order valence-corrected chi connectivity index (χ2v) is 8.83. The summed E-state index contributed by atoms with van der Waals surface area (Å²) in [6.45, 7) is 8.99. The minimum Gasteiger partial charge on any atom is -0.343 e. The molecule has 0 bridgehead atoms. The zero-order valence-corrected chi connectivity index (χ0v) is 15.8. The second kappa shape index (κ2) is 7.66. The fourth-order valence-electron chi connectivity index (χ4n) is 3.00. The third-order valence-electron chi connectivity index (χ3n) is 4.39. The van der Waals surface area contributed by atoms with E-state index in [0.29, 0.717) is 43.2 Å². The number of carbonyl (C=O) groups excluding carboxylic acids is 1. The minimum atomic E-state index is -3.52. The van der Waals surface area contributed by atoms with Gasteiger partial charge in [0.1, 0.15) is 0 Å². The van der Waals surface area contributed by atoms with Gasteiger partial charge >= 0.3 is 0 Å². The molecule has 0 spiro atoms. The van der Waals surface area contributed by atoms with Gasteiger partial charge in [-0.15, -0.1) is 0 Å². The molecule has 2 rings (SSSR count). The zero-order chi connectivity index (χ0) is 17.9. The van der Waals surface area contributed by atoms with Crippen LogP contribution in [0.1, 0.15) is 44.2 Å². The van der Waals surface area contributed by atoms with Gasteiger partial charge in [-0.1, -0.05) is 26.0 Å². The number of rotatable bonds is 5. The van der Waals surface area contributed by atoms with E-state index in [4.69, 9.17) is 0 Å². The van der Waals surface area contributed by atoms with Gasteiger partial charge in [-0.3, -0.25) is 4.79 Å². The SMILES string of the molecule is Cc1ccc(C)c(S(=O)(=O)NC2CCN(C(=O)CC(C)C)CC2)c1. The average Bonchev–Trinajstić information content (AvgIpc) is 2.49. The first kappa shape index (κ1) is 18.9. The molecule has 1 N–H and O–H groups in total. The third-order valence-corrected chi connectivity index (χ3v) is 6.05. The van der Waals surface area contributed by atoms with E-state index < -0.39 is 10.0 Å². The van der Waals surface area contributed by atoms with Crippen molar-refractivity contribution in [3.63, 3.8) is 0 Å². The van der Waals surface area contributed by atoms with Crippen LogP contribution in [0.25, 0.3) is 0 Å². The van der Waals surface area contributed by atoms with Crippen LogP contribution in [0, 0.1) is 19.8 Å². The normalized spacial score (nSPS) is 16.6. The molecule has 0 aromatic heterocycles. The monoisotopic (exact) mass is 352 g/mol. The van der Waals surface area contributed by atoms with Gasteiger partial charge in [-0.2, -0.15) is 0 Å². The quantitative estimate of drug-likeness (QED) is 0.886. The van der Waals surface area contributed by atoms with Gasteiger partial charge in [-0.05, 0) is 49.8 Å². The molecule has 24 heavy (non-hydrogen) atoms. The zero-order valence-electron chi connectivity index (χ0n) is 15.0. The van der Waals surface area contributed by atoms with Crippen LogP contribution >= 0.6 is 0 Å². The maximum atomic E-state index is 12.6. The fraction of sp³-hybridized carbons (Fsp3) is 0.611. The third kappa shape index (κ3) is 4.80. The van der Waals surface area contributed by atoms with Crippen molar-refractivity contribution in [2.24, 2.45) is 5.92 Å². The lowest BCUT2D eigenvalue weighted by atomic mass is 10.0. The molecule has 0 radical (unpaired) electrons. The molecule has 5 nitrogen and oxygen atoms in total. The van der Waals surface area contributed by atoms with Gasteiger partial charge in [0.25, 0.3) is 0 Å². The summed E-state index contributed by atoms with van der Waals surface area (Å²) in [7, 11) is -3.52. The van der Waals surface area contributed by atoms with E-state index in [1.807, 2.05) is 37.8 Å². The van der Waals surface area contributed by atoms with E-state index in [1.54, 1.807) is 13.0 Å². The first-order valence-corrected chi connectivity index (χ1v) is 10.0. The number of hydrogen-bond donors (Lipinski definition) is 1. The van der Waals surface area contributed by atoms with Crippen molar-refractivity contribution >= 4 is 15.9 Å². The smallest absolute Gasteiger partial charge is 0.241 e. The highest BCUT2D eigenvalue weighted by molar-refractivity contribution is 7.89. The number of carbonyl (C=O) groups is 1. The number of sulfonamides is 1. The molecule has 1 aromatic carbocycles. The number of nitrogens with zero attached hydrogens (tertiary/aromatic N) is 1. The fourth-order valence-corrected chi connectivity index (χ4v) is 4.64. The van der Waals surface area contributed by atoms with Crippen LogP contribution in [-0.2, 0) is 14.8 Å². The molecule has 1 aromatic rings. The Bertz CT molecular complexity index is 690. The lowest BCUT2D eigenvalue weighted by Crippen LogP contribution is -2.46. The second-order valence-electron chi connectivity index (χ2n) is 7.14. The molecular formula is C18H28N2O3S. The van der Waals surface area contributed by atoms with Crippen LogP contribution in [-0.4, -0.2) is 38.4 Å². The lowest BCUT2D eigenvalue weighted by molar-refractivity contribution is -0.133. The van der Waals surface area contributed by atoms with Gasteiger partial charge in [-0.25, -0.2) is 13.1 Å². The van der Waals surface area contributed by atoms with Crippen LogP contribution in [0.5, 0.6) is 0 Å². The number of benzene rings is 1. The molecule has 1 aliphatic heterocycles. The summed E-state index contributed by atoms with van der Waals surface area (Å²) in [5, 5.41) is 0. The number of hydrogen-bond acceptors (Lipinski definition) is 3. The van der Waals surface area contributed by atoms with E-state index in [0.717, 1.165) is 11.1 Å². The Morgan fingerprint density at radius 1 is 1.25 bits per heavy atom. The first-order valence-electron chi connectivity index (χ1n) is 8.56. The largest absolute Gasteiger partial charge is 0.343 e. The van der Waals surface area contributed by atoms with E-state index >= 15 is 0 Å². The Balaban J connectivity index is 1.98. The topological polar surface area (TPSA) is 66.5 Å². The van der Waals surface area contributed by atoms with Crippen molar-refractivity contribution in [2.75, 3.05) is 13.1 Å². The molecule has 6 heteroatoms. The Labute approximate surface area is 145 Å². The Morgan fingerprint density at radius 2 is 1.88 bits per heavy atom. The highest BCUT2D eigenvalue weighted by Gasteiger charge is 2.27. The summed E-state index contributed by atoms with van der Waals surface area (Å²) >= 11 is 0. The summed E-state index contributed by atoms with van der Waals surface area (Å²) in [5.74, 6) is 0.513. The molecule has 0 atom stereocenters. The van der Waals surface area contributed by atoms with Gasteiger partial charge in [0.05, 0.1) is 4.90 Å². The van der Waals surface area contributed by atoms with Gasteiger partial charge in [0, 0.05) is 25.6 Å². The average molecular weight is 353 g/mol. The van der Waals surface area contributed by atoms with Crippen LogP contribution in [0.15, 0.2) is 23.1 Å². The highest BCUT2D eigenvalue weighted by atomic mass is 32.2. The molecule has 0 saturated carbocycles. The predicted molar refractivity (Wildman–Crippen MR) is 95.3 cm³/mol. The molecule has 1 amide bonds. The van der Waals surface area contributed by atoms with Crippen molar-refractivity contribution in [3.05, 3.63) is 29.3 Å². The molecular weight excluding hydrogens is 324 g/mol. The summed E-state index contributed by atoms with van der Waals surface area (Å²) in [5.41, 5.74) is 1.67. The molecule has 1 aliphatic rings. The minimum absolute atomic E-state index is 0.113. The molecule has 134 valence electrons. The number of nitrogens with one attached hydrogen (secondary N) is 1. The number of amides is 1. The number of likely N-dealkylation sites (tertiary alicyclic amines) is 1. The molecule has 1 saturated heterocycles. The lowest BCUT2D eigenvalue weighted by Gasteiger charge is -2.32. The van der Waals surface area contributed by atoms with Crippen LogP contribution < -0.4 is 4.72 Å². The predicted octanol–water partition coefficient (Wildman–Crippen LogP) is 2.62. The van der Waals surface area contributed by atoms with Gasteiger partial charge in [0.15, 0.2) is 0 Å². The van der Waals surface area contributed by atoms with Gasteiger partial charge < -0.3 is 4.90 Å². The summed E-state index contributed by atoms with van der Waals surface area (Å²) in [4.78, 5) is 14.3. The Morgan fingerprint density at radius 3 is 2.46 bits per heavy atom. The van der Waals surface area contributed by atoms with E-state index in [9.17, 15) is 13.2 Å². The molecule has 1 heterocycles. The van der Waals surface area contributed by atoms with Crippen LogP contribution in [0.3, 0.4) is 0 Å². The van der Waals surface area contributed by atoms with Crippen LogP contribution in [0.4, 0.5) is 0 Å². The highest BCUT2D eigenvalue weighted by Crippen LogP contribution is 2.20. The maximum Gasteiger partial charge on any atom is 0.241 e. The van der Waals surface area contributed by atoms with E-state index in [-0.39, 0.29) is 11.9 Å². The molecule has 1 fully saturated rings. The van der Waals surface area contributed by atoms with Crippen molar-refractivity contribution in [1.29, 1.82) is 0 Å². The molecule has 0 aliphatic carbocycles. The summed E-state index contributed by atoms with van der Waals surface area (Å²) < 4.78 is 28.1. The van der Waals surface area contributed by atoms with Crippen molar-refractivity contribution in [3.8, 4) is 0 Å². The van der Waals surface area contributed by atoms with Crippen molar-refractivity contribution in [1.82, 2.24) is 9.62 Å². The number of aryl methyl sites for hydroxylation is 2. The summed E-state index contributed by atoms with van der Waals surface area (Å²) in [6.07, 6.45) is 1.88. The van der Waals surface area contributed by atoms with E-state index in [1.165, 1.54) is 0 Å². The van der Waals surface area contributed by atoms with E-state index in [2.05, 4.69) is 4.72 Å². The first-order chi connectivity index (χ1) is 11.2. The summed E-state index contributed by atoms with van der Waals surface area (Å²) in [6, 6.07) is 5.33. The van der Waals surface area contributed by atoms with Crippen molar-refractivity contribution < 1.29 is 13.2 Å². The van der Waals surface area contributed by atoms with Crippen LogP contribution in [0.2, 0.25) is 0 Å². The molecule has 0 unspecified atom stereocenters. The van der Waals surface area contributed by atoms with Gasteiger partial charge in [0.2, 0.25) is 15.9 Å². The number of piperidine rings is 1. The Hall–Kier alpha value is -1.40. The van der Waals surface area contributed by atoms with Crippen molar-refractivity contribution in [2.45, 2.75) is 57.9 Å². The standard InChI is InChI=1S/C18H28N2O3S/c1-13(2)11-18(21)20-9-7-16(8-10-20)19-24(22,23)17-12-14(3)5-6-15(17)4/h5-6,12-13,16,19H,7-11H2,1-4H3. The Kier molecular flexibility index (Phi) is 6.04.